The molecule has 1 aromatic carbocycles. The minimum Gasteiger partial charge on any atom is -0.493 e. The predicted molar refractivity (Wildman–Crippen MR) is 99.4 cm³/mol. The van der Waals surface area contributed by atoms with Crippen LogP contribution < -0.4 is 14.8 Å². The molecule has 1 heterocycles. The normalized spacial score (nSPS) is 11.6. The van der Waals surface area contributed by atoms with E-state index < -0.39 is 15.7 Å². The Labute approximate surface area is 160 Å². The number of ether oxygens (including phenoxy) is 2. The highest BCUT2D eigenvalue weighted by Gasteiger charge is 2.20. The lowest BCUT2D eigenvalue weighted by Gasteiger charge is -2.08. The summed E-state index contributed by atoms with van der Waals surface area (Å²) in [6.07, 6.45) is 1.36. The summed E-state index contributed by atoms with van der Waals surface area (Å²) in [4.78, 5) is 16.1. The zero-order valence-corrected chi connectivity index (χ0v) is 16.3. The molecule has 0 atom stereocenters. The molecule has 0 fully saturated rings. The van der Waals surface area contributed by atoms with Crippen molar-refractivity contribution in [3.05, 3.63) is 29.3 Å². The highest BCUT2D eigenvalue weighted by atomic mass is 32.2. The number of hydrogen-bond donors (Lipinski definition) is 1. The Morgan fingerprint density at radius 1 is 1.33 bits per heavy atom. The number of methoxy groups -OCH3 is 2. The number of amides is 1. The molecule has 0 radical (unpaired) electrons. The number of carbonyl (C=O) groups excluding carboxylic acids is 1. The van der Waals surface area contributed by atoms with Crippen molar-refractivity contribution in [1.82, 2.24) is 9.36 Å². The fraction of sp³-hybridized carbons (Fsp3) is 0.250. The van der Waals surface area contributed by atoms with Crippen LogP contribution in [0.5, 0.6) is 11.5 Å². The van der Waals surface area contributed by atoms with Gasteiger partial charge in [0.25, 0.3) is 11.1 Å². The van der Waals surface area contributed by atoms with Crippen molar-refractivity contribution in [3.8, 4) is 17.6 Å². The number of hydrogen-bond acceptors (Lipinski definition) is 9. The van der Waals surface area contributed by atoms with E-state index in [1.54, 1.807) is 24.3 Å². The Kier molecular flexibility index (Phi) is 6.49. The zero-order valence-electron chi connectivity index (χ0n) is 14.7. The molecule has 11 heteroatoms. The fourth-order valence-electron chi connectivity index (χ4n) is 1.94. The van der Waals surface area contributed by atoms with Crippen molar-refractivity contribution in [2.75, 3.05) is 25.3 Å². The van der Waals surface area contributed by atoms with Crippen molar-refractivity contribution in [1.29, 1.82) is 5.26 Å². The van der Waals surface area contributed by atoms with Gasteiger partial charge in [-0.25, -0.2) is 8.42 Å². The summed E-state index contributed by atoms with van der Waals surface area (Å²) in [5, 5.41) is 11.3. The molecule has 1 aromatic heterocycles. The topological polar surface area (TPSA) is 131 Å². The molecule has 0 aliphatic carbocycles. The lowest BCUT2D eigenvalue weighted by Crippen LogP contribution is -2.13. The first-order chi connectivity index (χ1) is 12.8. The molecule has 2 rings (SSSR count). The average molecular weight is 408 g/mol. The number of nitriles is 1. The van der Waals surface area contributed by atoms with Crippen LogP contribution in [0.1, 0.15) is 12.5 Å². The van der Waals surface area contributed by atoms with E-state index in [1.807, 2.05) is 0 Å². The van der Waals surface area contributed by atoms with Crippen molar-refractivity contribution >= 4 is 38.5 Å². The molecule has 0 saturated heterocycles. The summed E-state index contributed by atoms with van der Waals surface area (Å²) >= 11 is 0.720. The second kappa shape index (κ2) is 8.61. The van der Waals surface area contributed by atoms with Crippen molar-refractivity contribution in [2.45, 2.75) is 12.1 Å². The first-order valence-electron chi connectivity index (χ1n) is 7.56. The van der Waals surface area contributed by atoms with Crippen LogP contribution >= 0.6 is 11.5 Å². The maximum atomic E-state index is 12.3. The minimum absolute atomic E-state index is 0.0134. The summed E-state index contributed by atoms with van der Waals surface area (Å²) in [5.74, 6) is 0.0715. The summed E-state index contributed by atoms with van der Waals surface area (Å²) in [6, 6.07) is 6.71. The van der Waals surface area contributed by atoms with Crippen LogP contribution in [0.25, 0.3) is 6.08 Å². The Morgan fingerprint density at radius 3 is 2.63 bits per heavy atom. The SMILES string of the molecule is CCS(=O)(=O)c1nsc(NC(=O)C(C#N)=Cc2ccc(OC)c(OC)c2)n1. The molecule has 142 valence electrons. The third-order valence-corrected chi connectivity index (χ3v) is 5.61. The van der Waals surface area contributed by atoms with Gasteiger partial charge < -0.3 is 9.47 Å². The molecule has 0 aliphatic heterocycles. The number of benzene rings is 1. The Bertz CT molecular complexity index is 1020. The second-order valence-electron chi connectivity index (χ2n) is 5.02. The minimum atomic E-state index is -3.57. The van der Waals surface area contributed by atoms with Gasteiger partial charge in [0.15, 0.2) is 11.5 Å². The monoisotopic (exact) mass is 408 g/mol. The van der Waals surface area contributed by atoms with Crippen LogP contribution in [-0.2, 0) is 14.6 Å². The lowest BCUT2D eigenvalue weighted by atomic mass is 10.1. The van der Waals surface area contributed by atoms with Gasteiger partial charge in [0.2, 0.25) is 15.0 Å². The van der Waals surface area contributed by atoms with Crippen molar-refractivity contribution in [3.63, 3.8) is 0 Å². The van der Waals surface area contributed by atoms with Gasteiger partial charge >= 0.3 is 0 Å². The van der Waals surface area contributed by atoms with Gasteiger partial charge in [-0.3, -0.25) is 10.1 Å². The molecule has 0 saturated carbocycles. The van der Waals surface area contributed by atoms with Crippen LogP contribution in [0.2, 0.25) is 0 Å². The van der Waals surface area contributed by atoms with E-state index in [-0.39, 0.29) is 21.6 Å². The van der Waals surface area contributed by atoms with E-state index in [0.717, 1.165) is 11.5 Å². The molecular formula is C16H16N4O5S2. The number of carbonyl (C=O) groups is 1. The fourth-order valence-corrected chi connectivity index (χ4v) is 3.52. The van der Waals surface area contributed by atoms with Crippen molar-refractivity contribution in [2.24, 2.45) is 0 Å². The third kappa shape index (κ3) is 4.81. The first kappa shape index (κ1) is 20.3. The summed E-state index contributed by atoms with van der Waals surface area (Å²) in [6.45, 7) is 1.47. The first-order valence-corrected chi connectivity index (χ1v) is 9.98. The molecule has 0 aliphatic rings. The summed E-state index contributed by atoms with van der Waals surface area (Å²) in [5.41, 5.74) is 0.350. The summed E-state index contributed by atoms with van der Waals surface area (Å²) in [7, 11) is -0.601. The molecule has 0 unspecified atom stereocenters. The summed E-state index contributed by atoms with van der Waals surface area (Å²) < 4.78 is 37.5. The molecule has 2 aromatic rings. The number of sulfone groups is 1. The van der Waals surface area contributed by atoms with E-state index in [4.69, 9.17) is 9.47 Å². The molecular weight excluding hydrogens is 392 g/mol. The number of anilines is 1. The second-order valence-corrected chi connectivity index (χ2v) is 7.95. The van der Waals surface area contributed by atoms with Crippen LogP contribution in [0.15, 0.2) is 28.9 Å². The Hall–Kier alpha value is -2.97. The van der Waals surface area contributed by atoms with Crippen molar-refractivity contribution < 1.29 is 22.7 Å². The van der Waals surface area contributed by atoms with Gasteiger partial charge in [-0.1, -0.05) is 13.0 Å². The number of nitrogens with zero attached hydrogens (tertiary/aromatic N) is 3. The molecule has 1 amide bonds. The van der Waals surface area contributed by atoms with Gasteiger partial charge in [-0.05, 0) is 23.8 Å². The number of nitrogens with one attached hydrogen (secondary N) is 1. The zero-order chi connectivity index (χ0) is 20.0. The van der Waals surface area contributed by atoms with Gasteiger partial charge in [0.05, 0.1) is 20.0 Å². The molecule has 27 heavy (non-hydrogen) atoms. The van der Waals surface area contributed by atoms with Gasteiger partial charge in [0.1, 0.15) is 11.6 Å². The van der Waals surface area contributed by atoms with E-state index >= 15 is 0 Å². The van der Waals surface area contributed by atoms with Gasteiger partial charge in [-0.2, -0.15) is 14.6 Å². The molecule has 1 N–H and O–H groups in total. The highest BCUT2D eigenvalue weighted by molar-refractivity contribution is 7.91. The number of aromatic nitrogens is 2. The molecule has 9 nitrogen and oxygen atoms in total. The Morgan fingerprint density at radius 2 is 2.04 bits per heavy atom. The van der Waals surface area contributed by atoms with E-state index in [9.17, 15) is 18.5 Å². The largest absolute Gasteiger partial charge is 0.493 e. The van der Waals surface area contributed by atoms with Gasteiger partial charge in [0, 0.05) is 11.5 Å². The van der Waals surface area contributed by atoms with Gasteiger partial charge in [-0.15, -0.1) is 0 Å². The van der Waals surface area contributed by atoms with E-state index in [0.29, 0.717) is 17.1 Å². The Balaban J connectivity index is 2.24. The molecule has 0 spiro atoms. The van der Waals surface area contributed by atoms with Crippen LogP contribution in [0.4, 0.5) is 5.13 Å². The van der Waals surface area contributed by atoms with Crippen LogP contribution in [0, 0.1) is 11.3 Å². The van der Waals surface area contributed by atoms with E-state index in [2.05, 4.69) is 14.7 Å². The van der Waals surface area contributed by atoms with E-state index in [1.165, 1.54) is 27.2 Å². The predicted octanol–water partition coefficient (Wildman–Crippen LogP) is 1.89. The molecule has 0 bridgehead atoms. The lowest BCUT2D eigenvalue weighted by molar-refractivity contribution is -0.112. The third-order valence-electron chi connectivity index (χ3n) is 3.37. The quantitative estimate of drug-likeness (QED) is 0.543. The average Bonchev–Trinajstić information content (AvgIpc) is 3.15. The highest BCUT2D eigenvalue weighted by Crippen LogP contribution is 2.28. The maximum Gasteiger partial charge on any atom is 0.268 e. The smallest absolute Gasteiger partial charge is 0.268 e. The maximum absolute atomic E-state index is 12.3. The number of rotatable bonds is 7. The standard InChI is InChI=1S/C16H16N4O5S2/c1-4-27(22,23)16-19-15(26-20-16)18-14(21)11(9-17)7-10-5-6-12(24-2)13(8-10)25-3/h5-8H,4H2,1-3H3,(H,18,19,20,21). The van der Waals surface area contributed by atoms with Crippen LogP contribution in [0.3, 0.4) is 0 Å². The van der Waals surface area contributed by atoms with Crippen LogP contribution in [-0.4, -0.2) is 43.7 Å².